The second-order valence-electron chi connectivity index (χ2n) is 10.2. The van der Waals surface area contributed by atoms with E-state index in [4.69, 9.17) is 14.6 Å². The number of rotatable bonds is 9. The van der Waals surface area contributed by atoms with E-state index in [0.717, 1.165) is 57.0 Å². The maximum atomic E-state index is 11.1. The van der Waals surface area contributed by atoms with Crippen LogP contribution < -0.4 is 4.74 Å². The fourth-order valence-corrected chi connectivity index (χ4v) is 5.19. The number of carboxylic acids is 1. The molecular formula is C33H36N2O4. The molecule has 0 bridgehead atoms. The second kappa shape index (κ2) is 12.4. The minimum absolute atomic E-state index is 0.332. The number of nitrogens with zero attached hydrogens (tertiary/aromatic N) is 2. The fourth-order valence-electron chi connectivity index (χ4n) is 5.19. The Kier molecular flexibility index (Phi) is 8.57. The van der Waals surface area contributed by atoms with Crippen molar-refractivity contribution in [3.63, 3.8) is 0 Å². The molecular weight excluding hydrogens is 488 g/mol. The van der Waals surface area contributed by atoms with Gasteiger partial charge in [0.25, 0.3) is 0 Å². The average molecular weight is 525 g/mol. The number of benzene rings is 3. The van der Waals surface area contributed by atoms with E-state index in [1.165, 1.54) is 16.7 Å². The van der Waals surface area contributed by atoms with E-state index in [1.54, 1.807) is 19.2 Å². The van der Waals surface area contributed by atoms with Crippen molar-refractivity contribution in [3.05, 3.63) is 119 Å². The molecule has 1 saturated heterocycles. The van der Waals surface area contributed by atoms with Crippen LogP contribution >= 0.6 is 0 Å². The van der Waals surface area contributed by atoms with Gasteiger partial charge in [-0.2, -0.15) is 0 Å². The van der Waals surface area contributed by atoms with Gasteiger partial charge in [0.05, 0.1) is 5.56 Å². The first kappa shape index (κ1) is 26.9. The molecule has 5 rings (SSSR count). The van der Waals surface area contributed by atoms with Crippen LogP contribution in [0.25, 0.3) is 5.57 Å². The quantitative estimate of drug-likeness (QED) is 0.354. The zero-order valence-corrected chi connectivity index (χ0v) is 22.5. The monoisotopic (exact) mass is 524 g/mol. The van der Waals surface area contributed by atoms with Crippen molar-refractivity contribution in [3.8, 4) is 5.75 Å². The summed E-state index contributed by atoms with van der Waals surface area (Å²) in [7, 11) is 1.69. The van der Waals surface area contributed by atoms with E-state index in [1.807, 2.05) is 48.5 Å². The van der Waals surface area contributed by atoms with Crippen molar-refractivity contribution in [2.75, 3.05) is 33.3 Å². The Labute approximate surface area is 230 Å². The van der Waals surface area contributed by atoms with E-state index in [9.17, 15) is 4.79 Å². The third-order valence-corrected chi connectivity index (χ3v) is 7.48. The lowest BCUT2D eigenvalue weighted by Crippen LogP contribution is -2.36. The minimum atomic E-state index is -0.884. The molecule has 1 fully saturated rings. The number of aromatic carboxylic acids is 1. The molecule has 0 amide bonds. The van der Waals surface area contributed by atoms with Crippen LogP contribution in [0.4, 0.5) is 0 Å². The van der Waals surface area contributed by atoms with Crippen LogP contribution in [0.2, 0.25) is 0 Å². The molecule has 1 N–H and O–H groups in total. The maximum Gasteiger partial charge on any atom is 0.335 e. The molecule has 2 aliphatic rings. The van der Waals surface area contributed by atoms with Gasteiger partial charge in [-0.3, -0.25) is 9.80 Å². The van der Waals surface area contributed by atoms with E-state index in [-0.39, 0.29) is 0 Å². The molecule has 3 aromatic carbocycles. The van der Waals surface area contributed by atoms with Crippen LogP contribution in [-0.2, 0) is 17.8 Å². The molecule has 1 aliphatic heterocycles. The van der Waals surface area contributed by atoms with Gasteiger partial charge >= 0.3 is 5.97 Å². The molecule has 1 atom stereocenters. The summed E-state index contributed by atoms with van der Waals surface area (Å²) in [5.41, 5.74) is 5.11. The minimum Gasteiger partial charge on any atom is -0.478 e. The van der Waals surface area contributed by atoms with Gasteiger partial charge < -0.3 is 14.6 Å². The van der Waals surface area contributed by atoms with Crippen molar-refractivity contribution < 1.29 is 19.4 Å². The van der Waals surface area contributed by atoms with Gasteiger partial charge in [0.15, 0.2) is 0 Å². The Hall–Kier alpha value is -3.71. The van der Waals surface area contributed by atoms with Crippen LogP contribution in [0, 0.1) is 0 Å². The largest absolute Gasteiger partial charge is 0.478 e. The van der Waals surface area contributed by atoms with Crippen LogP contribution in [0.15, 0.2) is 97.1 Å². The Morgan fingerprint density at radius 3 is 2.00 bits per heavy atom. The molecule has 6 heteroatoms. The third kappa shape index (κ3) is 7.03. The molecule has 0 saturated carbocycles. The third-order valence-electron chi connectivity index (χ3n) is 7.48. The summed E-state index contributed by atoms with van der Waals surface area (Å²) in [6.07, 6.45) is 7.99. The number of methoxy groups -OCH3 is 1. The summed E-state index contributed by atoms with van der Waals surface area (Å²) in [6.45, 7) is 5.83. The highest BCUT2D eigenvalue weighted by Crippen LogP contribution is 2.32. The van der Waals surface area contributed by atoms with Crippen LogP contribution in [0.1, 0.15) is 39.9 Å². The standard InChI is InChI=1S/C33H36N2O4/c1-38-33(18-16-29(17-19-33)28-6-3-2-4-7-28)39-31-14-10-27(11-15-31)25-35-21-5-20-34(22-23-35)24-26-8-12-30(13-9-26)32(36)37/h2-4,6-18H,5,19-25H2,1H3,(H,36,37). The molecule has 1 aliphatic carbocycles. The Morgan fingerprint density at radius 2 is 1.46 bits per heavy atom. The summed E-state index contributed by atoms with van der Waals surface area (Å²) >= 11 is 0. The highest BCUT2D eigenvalue weighted by atomic mass is 16.7. The van der Waals surface area contributed by atoms with Crippen LogP contribution in [0.5, 0.6) is 5.75 Å². The summed E-state index contributed by atoms with van der Waals surface area (Å²) in [4.78, 5) is 16.0. The van der Waals surface area contributed by atoms with Crippen molar-refractivity contribution in [1.29, 1.82) is 0 Å². The Morgan fingerprint density at radius 1 is 0.846 bits per heavy atom. The van der Waals surface area contributed by atoms with Gasteiger partial charge in [0.2, 0.25) is 5.79 Å². The molecule has 3 aromatic rings. The molecule has 1 heterocycles. The highest BCUT2D eigenvalue weighted by Gasteiger charge is 2.30. The molecule has 0 aromatic heterocycles. The lowest BCUT2D eigenvalue weighted by atomic mass is 9.96. The molecule has 6 nitrogen and oxygen atoms in total. The number of ether oxygens (including phenoxy) is 2. The SMILES string of the molecule is COC1(Oc2ccc(CN3CCCN(Cc4ccc(C(=O)O)cc4)CC3)cc2)C=CC(c2ccccc2)=CC1. The topological polar surface area (TPSA) is 62.2 Å². The van der Waals surface area contributed by atoms with Crippen molar-refractivity contribution in [2.45, 2.75) is 31.7 Å². The summed E-state index contributed by atoms with van der Waals surface area (Å²) in [5.74, 6) is -0.898. The van der Waals surface area contributed by atoms with Crippen LogP contribution in [0.3, 0.4) is 0 Å². The lowest BCUT2D eigenvalue weighted by molar-refractivity contribution is -0.122. The molecule has 1 unspecified atom stereocenters. The zero-order valence-electron chi connectivity index (χ0n) is 22.5. The normalized spacial score (nSPS) is 20.3. The summed E-state index contributed by atoms with van der Waals surface area (Å²) in [6, 6.07) is 25.9. The van der Waals surface area contributed by atoms with Crippen molar-refractivity contribution in [1.82, 2.24) is 9.80 Å². The number of hydrogen-bond acceptors (Lipinski definition) is 5. The molecule has 39 heavy (non-hydrogen) atoms. The zero-order chi connectivity index (χ0) is 27.1. The Balaban J connectivity index is 1.12. The highest BCUT2D eigenvalue weighted by molar-refractivity contribution is 5.87. The Bertz CT molecular complexity index is 1300. The first-order chi connectivity index (χ1) is 19.0. The van der Waals surface area contributed by atoms with Gasteiger partial charge in [-0.25, -0.2) is 4.79 Å². The van der Waals surface area contributed by atoms with E-state index in [0.29, 0.717) is 12.0 Å². The van der Waals surface area contributed by atoms with Crippen molar-refractivity contribution in [2.24, 2.45) is 0 Å². The van der Waals surface area contributed by atoms with Gasteiger partial charge in [0, 0.05) is 39.7 Å². The number of carboxylic acid groups (broad SMARTS) is 1. The van der Waals surface area contributed by atoms with E-state index < -0.39 is 11.8 Å². The van der Waals surface area contributed by atoms with E-state index in [2.05, 4.69) is 46.2 Å². The number of carbonyl (C=O) groups is 1. The predicted octanol–water partition coefficient (Wildman–Crippen LogP) is 5.86. The predicted molar refractivity (Wildman–Crippen MR) is 154 cm³/mol. The first-order valence-corrected chi connectivity index (χ1v) is 13.6. The first-order valence-electron chi connectivity index (χ1n) is 13.6. The van der Waals surface area contributed by atoms with Gasteiger partial charge in [-0.1, -0.05) is 66.7 Å². The van der Waals surface area contributed by atoms with Gasteiger partial charge in [-0.05, 0) is 72.1 Å². The van der Waals surface area contributed by atoms with Crippen molar-refractivity contribution >= 4 is 11.5 Å². The molecule has 0 radical (unpaired) electrons. The second-order valence-corrected chi connectivity index (χ2v) is 10.2. The fraction of sp³-hybridized carbons (Fsp3) is 0.303. The summed E-state index contributed by atoms with van der Waals surface area (Å²) < 4.78 is 12.1. The molecule has 0 spiro atoms. The van der Waals surface area contributed by atoms with E-state index >= 15 is 0 Å². The summed E-state index contributed by atoms with van der Waals surface area (Å²) in [5, 5.41) is 9.11. The average Bonchev–Trinajstić information content (AvgIpc) is 3.20. The maximum absolute atomic E-state index is 11.1. The molecule has 202 valence electrons. The number of hydrogen-bond donors (Lipinski definition) is 1. The van der Waals surface area contributed by atoms with Gasteiger partial charge in [-0.15, -0.1) is 0 Å². The van der Waals surface area contributed by atoms with Gasteiger partial charge in [0.1, 0.15) is 5.75 Å². The van der Waals surface area contributed by atoms with Crippen LogP contribution in [-0.4, -0.2) is 60.0 Å². The number of allylic oxidation sites excluding steroid dienone is 2. The lowest BCUT2D eigenvalue weighted by Gasteiger charge is -2.31. The smallest absolute Gasteiger partial charge is 0.335 e.